The van der Waals surface area contributed by atoms with Crippen LogP contribution in [0, 0.1) is 5.92 Å². The number of hydrogen-bond donors (Lipinski definition) is 0. The minimum absolute atomic E-state index is 0.162. The van der Waals surface area contributed by atoms with Gasteiger partial charge in [0.2, 0.25) is 0 Å². The summed E-state index contributed by atoms with van der Waals surface area (Å²) in [7, 11) is 0. The van der Waals surface area contributed by atoms with Gasteiger partial charge in [-0.05, 0) is 30.7 Å². The average molecular weight is 261 g/mol. The van der Waals surface area contributed by atoms with Gasteiger partial charge in [0.15, 0.2) is 0 Å². The van der Waals surface area contributed by atoms with Crippen LogP contribution < -0.4 is 0 Å². The van der Waals surface area contributed by atoms with Crippen LogP contribution in [0.15, 0.2) is 30.3 Å². The second-order valence-corrected chi connectivity index (χ2v) is 5.28. The van der Waals surface area contributed by atoms with Crippen LogP contribution in [0.3, 0.4) is 0 Å². The van der Waals surface area contributed by atoms with E-state index in [-0.39, 0.29) is 6.09 Å². The Morgan fingerprint density at radius 2 is 2.16 bits per heavy atom. The molecule has 3 nitrogen and oxygen atoms in total. The Morgan fingerprint density at radius 1 is 1.37 bits per heavy atom. The number of likely N-dealkylation sites (tertiary alicyclic amines) is 1. The molecule has 1 aliphatic rings. The normalized spacial score (nSPS) is 19.2. The number of amides is 1. The predicted octanol–water partition coefficient (Wildman–Crippen LogP) is 3.84. The largest absolute Gasteiger partial charge is 0.445 e. The van der Waals surface area contributed by atoms with Gasteiger partial charge in [-0.2, -0.15) is 0 Å². The fraction of sp³-hybridized carbons (Fsp3) is 0.562. The van der Waals surface area contributed by atoms with Gasteiger partial charge < -0.3 is 9.64 Å². The number of hydrogen-bond acceptors (Lipinski definition) is 2. The highest BCUT2D eigenvalue weighted by molar-refractivity contribution is 5.67. The number of ether oxygens (including phenoxy) is 1. The van der Waals surface area contributed by atoms with E-state index in [0.717, 1.165) is 25.1 Å². The molecule has 1 saturated heterocycles. The number of benzene rings is 1. The highest BCUT2D eigenvalue weighted by Crippen LogP contribution is 2.21. The Hall–Kier alpha value is -1.51. The van der Waals surface area contributed by atoms with E-state index in [4.69, 9.17) is 4.74 Å². The van der Waals surface area contributed by atoms with Crippen LogP contribution in [0.1, 0.15) is 38.2 Å². The zero-order valence-corrected chi connectivity index (χ0v) is 11.7. The lowest BCUT2D eigenvalue weighted by atomic mass is 9.94. The van der Waals surface area contributed by atoms with E-state index >= 15 is 0 Å². The van der Waals surface area contributed by atoms with E-state index in [0.29, 0.717) is 12.5 Å². The average Bonchev–Trinajstić information content (AvgIpc) is 2.46. The summed E-state index contributed by atoms with van der Waals surface area (Å²) >= 11 is 0. The first-order valence-electron chi connectivity index (χ1n) is 7.25. The zero-order valence-electron chi connectivity index (χ0n) is 11.7. The number of carbonyl (C=O) groups is 1. The highest BCUT2D eigenvalue weighted by Gasteiger charge is 2.23. The van der Waals surface area contributed by atoms with Gasteiger partial charge in [0.05, 0.1) is 0 Å². The van der Waals surface area contributed by atoms with Crippen LogP contribution in [-0.4, -0.2) is 24.1 Å². The molecule has 1 heterocycles. The van der Waals surface area contributed by atoms with Crippen molar-refractivity contribution in [1.29, 1.82) is 0 Å². The summed E-state index contributed by atoms with van der Waals surface area (Å²) in [6.45, 7) is 4.27. The van der Waals surface area contributed by atoms with Crippen molar-refractivity contribution in [2.75, 3.05) is 13.1 Å². The van der Waals surface area contributed by atoms with Crippen LogP contribution in [0.5, 0.6) is 0 Å². The number of carbonyl (C=O) groups excluding carboxylic acids is 1. The van der Waals surface area contributed by atoms with E-state index < -0.39 is 0 Å². The quantitative estimate of drug-likeness (QED) is 0.824. The van der Waals surface area contributed by atoms with Gasteiger partial charge in [0.1, 0.15) is 6.61 Å². The second-order valence-electron chi connectivity index (χ2n) is 5.28. The van der Waals surface area contributed by atoms with Gasteiger partial charge in [0, 0.05) is 13.1 Å². The smallest absolute Gasteiger partial charge is 0.410 e. The molecule has 1 aliphatic heterocycles. The monoisotopic (exact) mass is 261 g/mol. The third-order valence-electron chi connectivity index (χ3n) is 3.68. The number of nitrogens with zero attached hydrogens (tertiary/aromatic N) is 1. The van der Waals surface area contributed by atoms with Crippen LogP contribution in [0.25, 0.3) is 0 Å². The Morgan fingerprint density at radius 3 is 2.89 bits per heavy atom. The third-order valence-corrected chi connectivity index (χ3v) is 3.68. The molecule has 1 aromatic carbocycles. The summed E-state index contributed by atoms with van der Waals surface area (Å²) in [6, 6.07) is 9.83. The van der Waals surface area contributed by atoms with Crippen molar-refractivity contribution in [3.63, 3.8) is 0 Å². The maximum Gasteiger partial charge on any atom is 0.410 e. The maximum atomic E-state index is 12.0. The number of piperidine rings is 1. The summed E-state index contributed by atoms with van der Waals surface area (Å²) in [5.41, 5.74) is 1.04. The van der Waals surface area contributed by atoms with E-state index in [2.05, 4.69) is 6.92 Å². The van der Waals surface area contributed by atoms with Gasteiger partial charge in [0.25, 0.3) is 0 Å². The SMILES string of the molecule is CCCC1CCCN(C(=O)OCc2ccccc2)C1. The Bertz CT molecular complexity index is 389. The molecule has 0 spiro atoms. The molecule has 104 valence electrons. The summed E-state index contributed by atoms with van der Waals surface area (Å²) < 4.78 is 5.38. The summed E-state index contributed by atoms with van der Waals surface area (Å²) in [6.07, 6.45) is 4.59. The lowest BCUT2D eigenvalue weighted by molar-refractivity contribution is 0.0779. The van der Waals surface area contributed by atoms with Crippen molar-refractivity contribution in [3.8, 4) is 0 Å². The van der Waals surface area contributed by atoms with Crippen LogP contribution >= 0.6 is 0 Å². The van der Waals surface area contributed by atoms with Crippen molar-refractivity contribution in [2.45, 2.75) is 39.2 Å². The standard InChI is InChI=1S/C16H23NO2/c1-2-7-14-10-6-11-17(12-14)16(18)19-13-15-8-4-3-5-9-15/h3-5,8-9,14H,2,6-7,10-13H2,1H3. The molecule has 1 unspecified atom stereocenters. The van der Waals surface area contributed by atoms with Gasteiger partial charge in [-0.15, -0.1) is 0 Å². The molecule has 0 aromatic heterocycles. The molecule has 1 amide bonds. The Labute approximate surface area is 115 Å². The Kier molecular flexibility index (Phi) is 5.25. The first-order valence-corrected chi connectivity index (χ1v) is 7.25. The molecule has 19 heavy (non-hydrogen) atoms. The van der Waals surface area contributed by atoms with Crippen molar-refractivity contribution in [3.05, 3.63) is 35.9 Å². The fourth-order valence-electron chi connectivity index (χ4n) is 2.69. The van der Waals surface area contributed by atoms with Crippen LogP contribution in [0.2, 0.25) is 0 Å². The van der Waals surface area contributed by atoms with E-state index in [1.54, 1.807) is 0 Å². The lowest BCUT2D eigenvalue weighted by Crippen LogP contribution is -2.40. The molecule has 1 fully saturated rings. The molecule has 1 aromatic rings. The number of rotatable bonds is 4. The molecular weight excluding hydrogens is 238 g/mol. The van der Waals surface area contributed by atoms with Crippen molar-refractivity contribution < 1.29 is 9.53 Å². The van der Waals surface area contributed by atoms with Gasteiger partial charge in [-0.25, -0.2) is 4.79 Å². The summed E-state index contributed by atoms with van der Waals surface area (Å²) in [4.78, 5) is 13.9. The van der Waals surface area contributed by atoms with E-state index in [1.807, 2.05) is 35.2 Å². The molecule has 0 N–H and O–H groups in total. The first-order chi connectivity index (χ1) is 9.29. The van der Waals surface area contributed by atoms with Crippen molar-refractivity contribution in [2.24, 2.45) is 5.92 Å². The van der Waals surface area contributed by atoms with Gasteiger partial charge >= 0.3 is 6.09 Å². The molecule has 3 heteroatoms. The third kappa shape index (κ3) is 4.27. The van der Waals surface area contributed by atoms with Gasteiger partial charge in [-0.1, -0.05) is 43.7 Å². The van der Waals surface area contributed by atoms with Gasteiger partial charge in [-0.3, -0.25) is 0 Å². The summed E-state index contributed by atoms with van der Waals surface area (Å²) in [5, 5.41) is 0. The van der Waals surface area contributed by atoms with E-state index in [9.17, 15) is 4.79 Å². The minimum Gasteiger partial charge on any atom is -0.445 e. The first kappa shape index (κ1) is 13.9. The second kappa shape index (κ2) is 7.17. The topological polar surface area (TPSA) is 29.5 Å². The maximum absolute atomic E-state index is 12.0. The minimum atomic E-state index is -0.162. The molecule has 0 bridgehead atoms. The van der Waals surface area contributed by atoms with Crippen molar-refractivity contribution in [1.82, 2.24) is 4.90 Å². The molecule has 1 atom stereocenters. The van der Waals surface area contributed by atoms with E-state index in [1.165, 1.54) is 19.3 Å². The fourth-order valence-corrected chi connectivity index (χ4v) is 2.69. The molecule has 2 rings (SSSR count). The lowest BCUT2D eigenvalue weighted by Gasteiger charge is -2.31. The molecule has 0 aliphatic carbocycles. The zero-order chi connectivity index (χ0) is 13.5. The highest BCUT2D eigenvalue weighted by atomic mass is 16.6. The van der Waals surface area contributed by atoms with Crippen molar-refractivity contribution >= 4 is 6.09 Å². The molecule has 0 radical (unpaired) electrons. The predicted molar refractivity (Wildman–Crippen MR) is 75.8 cm³/mol. The molecule has 0 saturated carbocycles. The Balaban J connectivity index is 1.79. The van der Waals surface area contributed by atoms with Crippen LogP contribution in [0.4, 0.5) is 4.79 Å². The summed E-state index contributed by atoms with van der Waals surface area (Å²) in [5.74, 6) is 0.656. The van der Waals surface area contributed by atoms with Crippen LogP contribution in [-0.2, 0) is 11.3 Å². The molecular formula is C16H23NO2.